The summed E-state index contributed by atoms with van der Waals surface area (Å²) < 4.78 is 9.92. The van der Waals surface area contributed by atoms with Crippen molar-refractivity contribution in [2.24, 2.45) is 29.6 Å². The summed E-state index contributed by atoms with van der Waals surface area (Å²) in [5.41, 5.74) is 0. The van der Waals surface area contributed by atoms with Crippen LogP contribution in [0.25, 0.3) is 0 Å². The van der Waals surface area contributed by atoms with Gasteiger partial charge in [0.15, 0.2) is 0 Å². The molecule has 1 N–H and O–H groups in total. The van der Waals surface area contributed by atoms with E-state index in [1.807, 2.05) is 6.92 Å². The molecule has 0 radical (unpaired) electrons. The highest BCUT2D eigenvalue weighted by molar-refractivity contribution is 5.82. The van der Waals surface area contributed by atoms with Crippen LogP contribution in [-0.4, -0.2) is 43.3 Å². The first-order chi connectivity index (χ1) is 13.0. The molecule has 0 aromatic heterocycles. The number of rotatable bonds is 10. The summed E-state index contributed by atoms with van der Waals surface area (Å²) in [6.45, 7) is 4.50. The van der Waals surface area contributed by atoms with Gasteiger partial charge < -0.3 is 14.6 Å². The lowest BCUT2D eigenvalue weighted by molar-refractivity contribution is -0.146. The van der Waals surface area contributed by atoms with Crippen LogP contribution >= 0.6 is 0 Å². The lowest BCUT2D eigenvalue weighted by Gasteiger charge is -2.21. The molecule has 2 aliphatic carbocycles. The maximum absolute atomic E-state index is 12.8. The number of esters is 1. The van der Waals surface area contributed by atoms with Crippen LogP contribution in [0.5, 0.6) is 0 Å². The van der Waals surface area contributed by atoms with Gasteiger partial charge in [-0.3, -0.25) is 4.79 Å². The standard InChI is InChI=1S/C22H34O5/c1-4-5-6-15(2)7-8-19(23)22-18-12-16(11-17(18)13-20(22)24)9-10-27-14-21(25)26-3/h15-18,20,22,24H,6-14H2,1-3H3/t15?,16-,17-,18-,20+,22-/m1/s1. The van der Waals surface area contributed by atoms with E-state index in [1.54, 1.807) is 0 Å². The van der Waals surface area contributed by atoms with Crippen molar-refractivity contribution in [3.05, 3.63) is 0 Å². The normalized spacial score (nSPS) is 30.3. The lowest BCUT2D eigenvalue weighted by atomic mass is 9.84. The van der Waals surface area contributed by atoms with Gasteiger partial charge in [-0.1, -0.05) is 6.92 Å². The molecule has 1 unspecified atom stereocenters. The second kappa shape index (κ2) is 10.8. The molecule has 152 valence electrons. The molecule has 0 spiro atoms. The molecule has 2 aliphatic rings. The zero-order valence-corrected chi connectivity index (χ0v) is 16.9. The van der Waals surface area contributed by atoms with Crippen LogP contribution in [0.2, 0.25) is 0 Å². The Morgan fingerprint density at radius 2 is 2.04 bits per heavy atom. The minimum Gasteiger partial charge on any atom is -0.467 e. The molecule has 5 nitrogen and oxygen atoms in total. The Morgan fingerprint density at radius 1 is 1.26 bits per heavy atom. The third-order valence-electron chi connectivity index (χ3n) is 6.27. The highest BCUT2D eigenvalue weighted by atomic mass is 16.6. The van der Waals surface area contributed by atoms with Gasteiger partial charge in [0.2, 0.25) is 0 Å². The Balaban J connectivity index is 1.77. The Labute approximate surface area is 163 Å². The molecule has 0 amide bonds. The van der Waals surface area contributed by atoms with Gasteiger partial charge in [0.25, 0.3) is 0 Å². The molecule has 2 rings (SSSR count). The minimum atomic E-state index is -0.477. The summed E-state index contributed by atoms with van der Waals surface area (Å²) >= 11 is 0. The molecular weight excluding hydrogens is 344 g/mol. The second-order valence-corrected chi connectivity index (χ2v) is 8.25. The Morgan fingerprint density at radius 3 is 2.74 bits per heavy atom. The van der Waals surface area contributed by atoms with Crippen molar-refractivity contribution >= 4 is 11.8 Å². The van der Waals surface area contributed by atoms with E-state index in [9.17, 15) is 14.7 Å². The Kier molecular flexibility index (Phi) is 8.79. The third-order valence-corrected chi connectivity index (χ3v) is 6.27. The van der Waals surface area contributed by atoms with Gasteiger partial charge >= 0.3 is 5.97 Å². The van der Waals surface area contributed by atoms with Crippen molar-refractivity contribution in [1.82, 2.24) is 0 Å². The average Bonchev–Trinajstić information content (AvgIpc) is 3.16. The fourth-order valence-electron chi connectivity index (χ4n) is 4.82. The average molecular weight is 379 g/mol. The molecule has 6 atom stereocenters. The van der Waals surface area contributed by atoms with Crippen molar-refractivity contribution in [2.45, 2.75) is 64.9 Å². The second-order valence-electron chi connectivity index (χ2n) is 8.25. The van der Waals surface area contributed by atoms with Crippen molar-refractivity contribution in [1.29, 1.82) is 0 Å². The first-order valence-electron chi connectivity index (χ1n) is 10.2. The number of hydrogen-bond donors (Lipinski definition) is 1. The van der Waals surface area contributed by atoms with Crippen LogP contribution < -0.4 is 0 Å². The number of carbonyl (C=O) groups excluding carboxylic acids is 2. The van der Waals surface area contributed by atoms with Crippen LogP contribution in [0.4, 0.5) is 0 Å². The topological polar surface area (TPSA) is 72.8 Å². The third kappa shape index (κ3) is 6.33. The van der Waals surface area contributed by atoms with E-state index >= 15 is 0 Å². The number of aliphatic hydroxyl groups excluding tert-OH is 1. The first kappa shape index (κ1) is 21.9. The van der Waals surface area contributed by atoms with Gasteiger partial charge in [0, 0.05) is 25.4 Å². The highest BCUT2D eigenvalue weighted by Gasteiger charge is 2.50. The molecule has 0 saturated heterocycles. The number of Topliss-reactive ketones (excluding diaryl/α,β-unsaturated/α-hetero) is 1. The maximum atomic E-state index is 12.8. The van der Waals surface area contributed by atoms with Gasteiger partial charge in [-0.15, -0.1) is 11.8 Å². The number of aliphatic hydroxyl groups is 1. The quantitative estimate of drug-likeness (QED) is 0.359. The van der Waals surface area contributed by atoms with E-state index in [-0.39, 0.29) is 24.3 Å². The van der Waals surface area contributed by atoms with Gasteiger partial charge in [-0.25, -0.2) is 4.79 Å². The van der Waals surface area contributed by atoms with Gasteiger partial charge in [-0.05, 0) is 62.7 Å². The highest BCUT2D eigenvalue weighted by Crippen LogP contribution is 2.51. The monoisotopic (exact) mass is 378 g/mol. The van der Waals surface area contributed by atoms with Gasteiger partial charge in [0.1, 0.15) is 12.4 Å². The smallest absolute Gasteiger partial charge is 0.331 e. The summed E-state index contributed by atoms with van der Waals surface area (Å²) in [6, 6.07) is 0. The van der Waals surface area contributed by atoms with Crippen LogP contribution in [0.1, 0.15) is 58.8 Å². The SMILES string of the molecule is CC#CCC(C)CCC(=O)[C@H]1[C@@H]2C[C@H](CCOCC(=O)OC)C[C@@H]2C[C@@H]1O. The largest absolute Gasteiger partial charge is 0.467 e. The van der Waals surface area contributed by atoms with E-state index in [2.05, 4.69) is 23.5 Å². The Bertz CT molecular complexity index is 561. The van der Waals surface area contributed by atoms with Crippen LogP contribution in [-0.2, 0) is 19.1 Å². The van der Waals surface area contributed by atoms with Crippen LogP contribution in [0.15, 0.2) is 0 Å². The molecule has 2 saturated carbocycles. The number of fused-ring (bicyclic) bond motifs is 1. The summed E-state index contributed by atoms with van der Waals surface area (Å²) in [6.07, 6.45) is 5.42. The molecule has 0 aliphatic heterocycles. The molecule has 0 aromatic rings. The van der Waals surface area contributed by atoms with E-state index in [0.29, 0.717) is 36.7 Å². The summed E-state index contributed by atoms with van der Waals surface area (Å²) in [4.78, 5) is 23.8. The minimum absolute atomic E-state index is 0.00348. The van der Waals surface area contributed by atoms with Crippen LogP contribution in [0.3, 0.4) is 0 Å². The molecule has 0 heterocycles. The molecular formula is C22H34O5. The van der Waals surface area contributed by atoms with Crippen LogP contribution in [0, 0.1) is 41.4 Å². The molecule has 27 heavy (non-hydrogen) atoms. The predicted octanol–water partition coefficient (Wildman–Crippen LogP) is 2.99. The number of ether oxygens (including phenoxy) is 2. The molecule has 2 fully saturated rings. The molecule has 5 heteroatoms. The number of ketones is 1. The first-order valence-corrected chi connectivity index (χ1v) is 10.2. The van der Waals surface area contributed by atoms with Crippen molar-refractivity contribution in [2.75, 3.05) is 20.3 Å². The fraction of sp³-hybridized carbons (Fsp3) is 0.818. The van der Waals surface area contributed by atoms with E-state index in [4.69, 9.17) is 4.74 Å². The maximum Gasteiger partial charge on any atom is 0.331 e. The van der Waals surface area contributed by atoms with Gasteiger partial charge in [-0.2, -0.15) is 0 Å². The van der Waals surface area contributed by atoms with E-state index in [0.717, 1.165) is 38.5 Å². The number of carbonyl (C=O) groups is 2. The summed E-state index contributed by atoms with van der Waals surface area (Å²) in [7, 11) is 1.35. The number of methoxy groups -OCH3 is 1. The predicted molar refractivity (Wildman–Crippen MR) is 103 cm³/mol. The molecule has 0 aromatic carbocycles. The Hall–Kier alpha value is -1.38. The number of hydrogen-bond acceptors (Lipinski definition) is 5. The van der Waals surface area contributed by atoms with Crippen molar-refractivity contribution in [3.8, 4) is 11.8 Å². The fourth-order valence-corrected chi connectivity index (χ4v) is 4.82. The molecule has 0 bridgehead atoms. The van der Waals surface area contributed by atoms with Crippen molar-refractivity contribution < 1.29 is 24.2 Å². The van der Waals surface area contributed by atoms with E-state index in [1.165, 1.54) is 7.11 Å². The van der Waals surface area contributed by atoms with Gasteiger partial charge in [0.05, 0.1) is 13.2 Å². The van der Waals surface area contributed by atoms with E-state index < -0.39 is 6.10 Å². The summed E-state index contributed by atoms with van der Waals surface area (Å²) in [5, 5.41) is 10.4. The zero-order chi connectivity index (χ0) is 19.8. The van der Waals surface area contributed by atoms with Crippen molar-refractivity contribution in [3.63, 3.8) is 0 Å². The summed E-state index contributed by atoms with van der Waals surface area (Å²) in [5.74, 6) is 7.35. The lowest BCUT2D eigenvalue weighted by Crippen LogP contribution is -2.28. The zero-order valence-electron chi connectivity index (χ0n) is 16.9.